The van der Waals surface area contributed by atoms with E-state index in [4.69, 9.17) is 21.1 Å². The summed E-state index contributed by atoms with van der Waals surface area (Å²) in [5.41, 5.74) is 0. The monoisotopic (exact) mass is 230 g/mol. The summed E-state index contributed by atoms with van der Waals surface area (Å²) in [4.78, 5) is 0. The van der Waals surface area contributed by atoms with E-state index in [2.05, 4.69) is 6.58 Å². The van der Waals surface area contributed by atoms with Crippen LogP contribution in [0.5, 0.6) is 0 Å². The summed E-state index contributed by atoms with van der Waals surface area (Å²) in [7, 11) is 0. The average molecular weight is 231 g/mol. The third-order valence-electron chi connectivity index (χ3n) is 2.14. The third-order valence-corrected chi connectivity index (χ3v) is 2.43. The molecule has 3 heteroatoms. The summed E-state index contributed by atoms with van der Waals surface area (Å²) < 4.78 is 11.0. The van der Waals surface area contributed by atoms with Crippen LogP contribution in [0.25, 0.3) is 0 Å². The maximum absolute atomic E-state index is 5.93. The Labute approximate surface area is 96.9 Å². The van der Waals surface area contributed by atoms with Gasteiger partial charge in [-0.15, -0.1) is 0 Å². The highest BCUT2D eigenvalue weighted by Crippen LogP contribution is 2.23. The number of rotatable bonds is 8. The van der Waals surface area contributed by atoms with Crippen molar-refractivity contribution in [2.24, 2.45) is 0 Å². The molecule has 1 aliphatic carbocycles. The van der Waals surface area contributed by atoms with Crippen molar-refractivity contribution in [2.75, 3.05) is 13.2 Å². The van der Waals surface area contributed by atoms with Crippen molar-refractivity contribution in [1.82, 2.24) is 0 Å². The molecule has 1 aliphatic rings. The van der Waals surface area contributed by atoms with Crippen LogP contribution in [-0.4, -0.2) is 25.4 Å². The van der Waals surface area contributed by atoms with Crippen molar-refractivity contribution in [3.63, 3.8) is 0 Å². The van der Waals surface area contributed by atoms with Gasteiger partial charge < -0.3 is 9.47 Å². The van der Waals surface area contributed by atoms with Crippen LogP contribution in [0.15, 0.2) is 23.8 Å². The molecular formula is C12H19ClO2. The zero-order valence-corrected chi connectivity index (χ0v) is 10.0. The van der Waals surface area contributed by atoms with Crippen LogP contribution in [0.3, 0.4) is 0 Å². The number of hydrogen-bond acceptors (Lipinski definition) is 2. The molecule has 0 amide bonds. The van der Waals surface area contributed by atoms with E-state index in [1.54, 1.807) is 12.2 Å². The summed E-state index contributed by atoms with van der Waals surface area (Å²) in [6.45, 7) is 6.94. The second-order valence-corrected chi connectivity index (χ2v) is 4.29. The predicted octanol–water partition coefficient (Wildman–Crippen LogP) is 3.27. The largest absolute Gasteiger partial charge is 0.376 e. The van der Waals surface area contributed by atoms with Crippen LogP contribution in [0, 0.1) is 0 Å². The second-order valence-electron chi connectivity index (χ2n) is 3.80. The summed E-state index contributed by atoms with van der Waals surface area (Å²) in [6, 6.07) is 0. The van der Waals surface area contributed by atoms with Crippen LogP contribution >= 0.6 is 11.6 Å². The van der Waals surface area contributed by atoms with E-state index in [-0.39, 0.29) is 6.10 Å². The summed E-state index contributed by atoms with van der Waals surface area (Å²) in [5, 5.41) is 0.778. The molecule has 0 aliphatic heterocycles. The Balaban J connectivity index is 1.98. The third kappa shape index (κ3) is 6.72. The van der Waals surface area contributed by atoms with Crippen molar-refractivity contribution in [3.8, 4) is 0 Å². The molecule has 0 bridgehead atoms. The SMILES string of the molecule is C=C/C=C(/Cl)CC(C)OCCOC1CC1. The van der Waals surface area contributed by atoms with Gasteiger partial charge in [0, 0.05) is 11.5 Å². The van der Waals surface area contributed by atoms with Crippen LogP contribution in [0.2, 0.25) is 0 Å². The van der Waals surface area contributed by atoms with Crippen LogP contribution in [-0.2, 0) is 9.47 Å². The van der Waals surface area contributed by atoms with Gasteiger partial charge in [-0.25, -0.2) is 0 Å². The molecule has 0 aromatic heterocycles. The van der Waals surface area contributed by atoms with E-state index in [0.29, 0.717) is 19.3 Å². The highest BCUT2D eigenvalue weighted by atomic mass is 35.5. The lowest BCUT2D eigenvalue weighted by Gasteiger charge is -2.12. The lowest BCUT2D eigenvalue weighted by molar-refractivity contribution is 0.00815. The minimum Gasteiger partial charge on any atom is -0.376 e. The van der Waals surface area contributed by atoms with Crippen molar-refractivity contribution in [3.05, 3.63) is 23.8 Å². The molecule has 1 saturated carbocycles. The standard InChI is InChI=1S/C12H19ClO2/c1-3-4-11(13)9-10(2)14-7-8-15-12-5-6-12/h3-4,10,12H,1,5-9H2,2H3/b11-4+. The zero-order chi connectivity index (χ0) is 11.1. The van der Waals surface area contributed by atoms with Gasteiger partial charge in [0.25, 0.3) is 0 Å². The molecular weight excluding hydrogens is 212 g/mol. The Morgan fingerprint density at radius 1 is 1.53 bits per heavy atom. The first-order chi connectivity index (χ1) is 7.22. The van der Waals surface area contributed by atoms with E-state index in [9.17, 15) is 0 Å². The maximum Gasteiger partial charge on any atom is 0.0704 e. The van der Waals surface area contributed by atoms with Crippen molar-refractivity contribution in [1.29, 1.82) is 0 Å². The van der Waals surface area contributed by atoms with Crippen LogP contribution in [0.1, 0.15) is 26.2 Å². The molecule has 1 fully saturated rings. The first-order valence-electron chi connectivity index (χ1n) is 5.42. The first kappa shape index (κ1) is 12.8. The maximum atomic E-state index is 5.93. The minimum absolute atomic E-state index is 0.136. The highest BCUT2D eigenvalue weighted by Gasteiger charge is 2.21. The molecule has 86 valence electrons. The normalized spacial score (nSPS) is 18.9. The Bertz CT molecular complexity index is 222. The van der Waals surface area contributed by atoms with Gasteiger partial charge in [-0.1, -0.05) is 24.3 Å². The van der Waals surface area contributed by atoms with Crippen LogP contribution in [0.4, 0.5) is 0 Å². The molecule has 0 aromatic rings. The van der Waals surface area contributed by atoms with Gasteiger partial charge >= 0.3 is 0 Å². The van der Waals surface area contributed by atoms with Gasteiger partial charge in [0.05, 0.1) is 25.4 Å². The van der Waals surface area contributed by atoms with E-state index in [1.807, 2.05) is 6.92 Å². The Kier molecular flexibility index (Phi) is 5.99. The fourth-order valence-electron chi connectivity index (χ4n) is 1.23. The smallest absolute Gasteiger partial charge is 0.0704 e. The topological polar surface area (TPSA) is 18.5 Å². The van der Waals surface area contributed by atoms with Gasteiger partial charge in [-0.3, -0.25) is 0 Å². The first-order valence-corrected chi connectivity index (χ1v) is 5.80. The molecule has 0 spiro atoms. The van der Waals surface area contributed by atoms with Crippen LogP contribution < -0.4 is 0 Å². The Morgan fingerprint density at radius 3 is 2.87 bits per heavy atom. The van der Waals surface area contributed by atoms with E-state index in [1.165, 1.54) is 12.8 Å². The average Bonchev–Trinajstić information content (AvgIpc) is 2.96. The molecule has 1 atom stereocenters. The van der Waals surface area contributed by atoms with E-state index in [0.717, 1.165) is 11.5 Å². The van der Waals surface area contributed by atoms with Crippen molar-refractivity contribution < 1.29 is 9.47 Å². The van der Waals surface area contributed by atoms with E-state index >= 15 is 0 Å². The van der Waals surface area contributed by atoms with Gasteiger partial charge in [0.15, 0.2) is 0 Å². The summed E-state index contributed by atoms with van der Waals surface area (Å²) >= 11 is 5.93. The summed E-state index contributed by atoms with van der Waals surface area (Å²) in [5.74, 6) is 0. The molecule has 0 aromatic carbocycles. The quantitative estimate of drug-likeness (QED) is 0.471. The number of hydrogen-bond donors (Lipinski definition) is 0. The molecule has 1 unspecified atom stereocenters. The minimum atomic E-state index is 0.136. The number of halogens is 1. The molecule has 1 rings (SSSR count). The lowest BCUT2D eigenvalue weighted by atomic mass is 10.2. The Morgan fingerprint density at radius 2 is 2.27 bits per heavy atom. The molecule has 0 radical (unpaired) electrons. The summed E-state index contributed by atoms with van der Waals surface area (Å²) in [6.07, 6.45) is 7.28. The Hall–Kier alpha value is -0.310. The fourth-order valence-corrected chi connectivity index (χ4v) is 1.53. The fraction of sp³-hybridized carbons (Fsp3) is 0.667. The lowest BCUT2D eigenvalue weighted by Crippen LogP contribution is -2.13. The molecule has 2 nitrogen and oxygen atoms in total. The van der Waals surface area contributed by atoms with Gasteiger partial charge in [0.1, 0.15) is 0 Å². The van der Waals surface area contributed by atoms with Gasteiger partial charge in [0.2, 0.25) is 0 Å². The van der Waals surface area contributed by atoms with Crippen molar-refractivity contribution in [2.45, 2.75) is 38.4 Å². The molecule has 0 heterocycles. The van der Waals surface area contributed by atoms with Gasteiger partial charge in [-0.2, -0.15) is 0 Å². The second kappa shape index (κ2) is 7.04. The predicted molar refractivity (Wildman–Crippen MR) is 63.1 cm³/mol. The number of ether oxygens (including phenoxy) is 2. The molecule has 0 N–H and O–H groups in total. The zero-order valence-electron chi connectivity index (χ0n) is 9.25. The molecule has 0 saturated heterocycles. The van der Waals surface area contributed by atoms with Gasteiger partial charge in [-0.05, 0) is 25.8 Å². The van der Waals surface area contributed by atoms with E-state index < -0.39 is 0 Å². The number of allylic oxidation sites excluding steroid dienone is 2. The highest BCUT2D eigenvalue weighted by molar-refractivity contribution is 6.29. The van der Waals surface area contributed by atoms with Crippen molar-refractivity contribution >= 4 is 11.6 Å². The molecule has 15 heavy (non-hydrogen) atoms.